The Morgan fingerprint density at radius 1 is 1.17 bits per heavy atom. The third-order valence-corrected chi connectivity index (χ3v) is 3.66. The summed E-state index contributed by atoms with van der Waals surface area (Å²) < 4.78 is 10.7. The lowest BCUT2D eigenvalue weighted by atomic mass is 10.0. The molecule has 0 heterocycles. The molecule has 0 saturated carbocycles. The van der Waals surface area contributed by atoms with Crippen molar-refractivity contribution in [2.24, 2.45) is 0 Å². The van der Waals surface area contributed by atoms with Gasteiger partial charge in [0.1, 0.15) is 11.5 Å². The topological polar surface area (TPSA) is 73.6 Å². The molecule has 0 aliphatic carbocycles. The van der Waals surface area contributed by atoms with Gasteiger partial charge in [0.25, 0.3) is 0 Å². The zero-order chi connectivity index (χ0) is 17.5. The molecule has 128 valence electrons. The highest BCUT2D eigenvalue weighted by atomic mass is 16.5. The van der Waals surface area contributed by atoms with E-state index in [1.165, 1.54) is 5.56 Å². The van der Waals surface area contributed by atoms with Gasteiger partial charge in [-0.2, -0.15) is 0 Å². The number of benzene rings is 2. The van der Waals surface area contributed by atoms with Crippen molar-refractivity contribution in [1.29, 1.82) is 0 Å². The molecule has 3 N–H and O–H groups in total. The molecule has 0 saturated heterocycles. The van der Waals surface area contributed by atoms with Gasteiger partial charge in [0.2, 0.25) is 5.91 Å². The molecule has 0 aromatic heterocycles. The number of hydrogen-bond donors (Lipinski definition) is 2. The SMILES string of the molecule is COc1ccc(NC(=O)CCOc2ccc(C(C)C)cc2)cc1N. The smallest absolute Gasteiger partial charge is 0.227 e. The van der Waals surface area contributed by atoms with Gasteiger partial charge in [0, 0.05) is 5.69 Å². The molecule has 0 aliphatic rings. The van der Waals surface area contributed by atoms with Crippen molar-refractivity contribution >= 4 is 17.3 Å². The van der Waals surface area contributed by atoms with Crippen molar-refractivity contribution < 1.29 is 14.3 Å². The standard InChI is InChI=1S/C19H24N2O3/c1-13(2)14-4-7-16(8-5-14)24-11-10-19(22)21-15-6-9-18(23-3)17(20)12-15/h4-9,12-13H,10-11,20H2,1-3H3,(H,21,22). The third kappa shape index (κ3) is 4.91. The van der Waals surface area contributed by atoms with Gasteiger partial charge >= 0.3 is 0 Å². The molecule has 5 nitrogen and oxygen atoms in total. The summed E-state index contributed by atoms with van der Waals surface area (Å²) >= 11 is 0. The number of carbonyl (C=O) groups is 1. The Hall–Kier alpha value is -2.69. The number of rotatable bonds is 7. The van der Waals surface area contributed by atoms with Gasteiger partial charge < -0.3 is 20.5 Å². The molecule has 0 aliphatic heterocycles. The molecule has 0 fully saturated rings. The number of hydrogen-bond acceptors (Lipinski definition) is 4. The molecular weight excluding hydrogens is 304 g/mol. The number of ether oxygens (including phenoxy) is 2. The van der Waals surface area contributed by atoms with Crippen molar-refractivity contribution in [3.05, 3.63) is 48.0 Å². The zero-order valence-corrected chi connectivity index (χ0v) is 14.3. The summed E-state index contributed by atoms with van der Waals surface area (Å²) in [5, 5.41) is 2.79. The summed E-state index contributed by atoms with van der Waals surface area (Å²) in [6.45, 7) is 4.61. The van der Waals surface area contributed by atoms with Crippen molar-refractivity contribution in [3.63, 3.8) is 0 Å². The molecule has 0 radical (unpaired) electrons. The van der Waals surface area contributed by atoms with Crippen LogP contribution in [0, 0.1) is 0 Å². The van der Waals surface area contributed by atoms with Crippen LogP contribution in [0.1, 0.15) is 31.7 Å². The molecule has 0 bridgehead atoms. The second kappa shape index (κ2) is 8.24. The van der Waals surface area contributed by atoms with Crippen LogP contribution < -0.4 is 20.5 Å². The lowest BCUT2D eigenvalue weighted by Crippen LogP contribution is -2.15. The fraction of sp³-hybridized carbons (Fsp3) is 0.316. The number of anilines is 2. The highest BCUT2D eigenvalue weighted by Crippen LogP contribution is 2.24. The Balaban J connectivity index is 1.79. The fourth-order valence-electron chi connectivity index (χ4n) is 2.25. The minimum absolute atomic E-state index is 0.127. The summed E-state index contributed by atoms with van der Waals surface area (Å²) in [6.07, 6.45) is 0.262. The van der Waals surface area contributed by atoms with Crippen LogP contribution in [0.5, 0.6) is 11.5 Å². The number of nitrogen functional groups attached to an aromatic ring is 1. The average molecular weight is 328 g/mol. The average Bonchev–Trinajstić information content (AvgIpc) is 2.55. The molecule has 5 heteroatoms. The first-order valence-corrected chi connectivity index (χ1v) is 7.95. The first-order valence-electron chi connectivity index (χ1n) is 7.95. The summed E-state index contributed by atoms with van der Waals surface area (Å²) in [5.41, 5.74) is 8.20. The Bertz CT molecular complexity index is 682. The van der Waals surface area contributed by atoms with Crippen molar-refractivity contribution in [2.45, 2.75) is 26.2 Å². The van der Waals surface area contributed by atoms with Crippen molar-refractivity contribution in [2.75, 3.05) is 24.8 Å². The van der Waals surface area contributed by atoms with Crippen LogP contribution in [-0.2, 0) is 4.79 Å². The number of carbonyl (C=O) groups excluding carboxylic acids is 1. The van der Waals surface area contributed by atoms with Gasteiger partial charge in [-0.05, 0) is 41.8 Å². The maximum Gasteiger partial charge on any atom is 0.227 e. The molecule has 1 amide bonds. The fourth-order valence-corrected chi connectivity index (χ4v) is 2.25. The zero-order valence-electron chi connectivity index (χ0n) is 14.3. The van der Waals surface area contributed by atoms with E-state index in [-0.39, 0.29) is 12.3 Å². The van der Waals surface area contributed by atoms with Crippen molar-refractivity contribution in [3.8, 4) is 11.5 Å². The van der Waals surface area contributed by atoms with E-state index in [9.17, 15) is 4.79 Å². The van der Waals surface area contributed by atoms with Crippen LogP contribution in [0.3, 0.4) is 0 Å². The van der Waals surface area contributed by atoms with E-state index in [1.54, 1.807) is 25.3 Å². The molecule has 2 aromatic carbocycles. The normalized spacial score (nSPS) is 10.5. The molecule has 24 heavy (non-hydrogen) atoms. The summed E-state index contributed by atoms with van der Waals surface area (Å²) in [6, 6.07) is 13.1. The second-order valence-corrected chi connectivity index (χ2v) is 5.83. The van der Waals surface area contributed by atoms with Crippen LogP contribution in [0.25, 0.3) is 0 Å². The monoisotopic (exact) mass is 328 g/mol. The van der Waals surface area contributed by atoms with Crippen LogP contribution in [0.4, 0.5) is 11.4 Å². The molecule has 0 unspecified atom stereocenters. The van der Waals surface area contributed by atoms with E-state index in [0.29, 0.717) is 29.6 Å². The summed E-state index contributed by atoms with van der Waals surface area (Å²) in [7, 11) is 1.55. The first kappa shape index (κ1) is 17.7. The van der Waals surface area contributed by atoms with Gasteiger partial charge in [-0.15, -0.1) is 0 Å². The maximum absolute atomic E-state index is 11.9. The van der Waals surface area contributed by atoms with Crippen LogP contribution >= 0.6 is 0 Å². The van der Waals surface area contributed by atoms with E-state index in [1.807, 2.05) is 24.3 Å². The highest BCUT2D eigenvalue weighted by Gasteiger charge is 2.06. The largest absolute Gasteiger partial charge is 0.495 e. The molecule has 0 spiro atoms. The van der Waals surface area contributed by atoms with Crippen LogP contribution in [0.2, 0.25) is 0 Å². The Morgan fingerprint density at radius 2 is 1.88 bits per heavy atom. The Labute approximate surface area is 142 Å². The van der Waals surface area contributed by atoms with Gasteiger partial charge in [-0.25, -0.2) is 0 Å². The van der Waals surface area contributed by atoms with E-state index in [4.69, 9.17) is 15.2 Å². The predicted molar refractivity (Wildman–Crippen MR) is 96.7 cm³/mol. The van der Waals surface area contributed by atoms with Gasteiger partial charge in [-0.1, -0.05) is 26.0 Å². The third-order valence-electron chi connectivity index (χ3n) is 3.66. The lowest BCUT2D eigenvalue weighted by molar-refractivity contribution is -0.116. The van der Waals surface area contributed by atoms with Crippen molar-refractivity contribution in [1.82, 2.24) is 0 Å². The second-order valence-electron chi connectivity index (χ2n) is 5.83. The lowest BCUT2D eigenvalue weighted by Gasteiger charge is -2.10. The van der Waals surface area contributed by atoms with E-state index in [2.05, 4.69) is 19.2 Å². The van der Waals surface area contributed by atoms with Gasteiger partial charge in [0.05, 0.1) is 25.8 Å². The van der Waals surface area contributed by atoms with Crippen LogP contribution in [0.15, 0.2) is 42.5 Å². The number of methoxy groups -OCH3 is 1. The molecule has 2 rings (SSSR count). The molecular formula is C19H24N2O3. The Morgan fingerprint density at radius 3 is 2.46 bits per heavy atom. The first-order chi connectivity index (χ1) is 11.5. The molecule has 0 atom stereocenters. The summed E-state index contributed by atoms with van der Waals surface area (Å²) in [5.74, 6) is 1.71. The Kier molecular flexibility index (Phi) is 6.07. The van der Waals surface area contributed by atoms with E-state index in [0.717, 1.165) is 5.75 Å². The quantitative estimate of drug-likeness (QED) is 0.758. The number of nitrogens with one attached hydrogen (secondary N) is 1. The molecule has 2 aromatic rings. The number of nitrogens with two attached hydrogens (primary N) is 1. The van der Waals surface area contributed by atoms with Gasteiger partial charge in [0.15, 0.2) is 0 Å². The summed E-state index contributed by atoms with van der Waals surface area (Å²) in [4.78, 5) is 11.9. The minimum atomic E-state index is -0.127. The predicted octanol–water partition coefficient (Wildman–Crippen LogP) is 3.81. The minimum Gasteiger partial charge on any atom is -0.495 e. The van der Waals surface area contributed by atoms with E-state index < -0.39 is 0 Å². The number of amides is 1. The van der Waals surface area contributed by atoms with Gasteiger partial charge in [-0.3, -0.25) is 4.79 Å². The highest BCUT2D eigenvalue weighted by molar-refractivity contribution is 5.91. The van der Waals surface area contributed by atoms with E-state index >= 15 is 0 Å². The maximum atomic E-state index is 11.9. The van der Waals surface area contributed by atoms with Crippen LogP contribution in [-0.4, -0.2) is 19.6 Å².